The number of carbonyl (C=O) groups excluding carboxylic acids is 2. The maximum absolute atomic E-state index is 12.5. The van der Waals surface area contributed by atoms with Crippen LogP contribution in [0.1, 0.15) is 51.4 Å². The Hall–Kier alpha value is -1.90. The zero-order chi connectivity index (χ0) is 16.0. The van der Waals surface area contributed by atoms with Gasteiger partial charge in [-0.05, 0) is 34.6 Å². The molecular formula is C18H25NO2. The number of rotatable bonds is 5. The molecule has 1 aromatic rings. The number of nitrogens with zero attached hydrogens (tertiary/aromatic N) is 1. The average Bonchev–Trinajstić information content (AvgIpc) is 2.37. The summed E-state index contributed by atoms with van der Waals surface area (Å²) in [4.78, 5) is 26.4. The molecule has 0 aliphatic heterocycles. The van der Waals surface area contributed by atoms with Crippen LogP contribution in [0, 0.1) is 0 Å². The van der Waals surface area contributed by atoms with E-state index in [2.05, 4.69) is 0 Å². The highest BCUT2D eigenvalue weighted by atomic mass is 16.2. The minimum absolute atomic E-state index is 0.0854. The van der Waals surface area contributed by atoms with Crippen molar-refractivity contribution in [3.05, 3.63) is 47.5 Å². The van der Waals surface area contributed by atoms with Crippen molar-refractivity contribution < 1.29 is 9.59 Å². The minimum atomic E-state index is -0.306. The van der Waals surface area contributed by atoms with Crippen LogP contribution in [0.2, 0.25) is 0 Å². The molecule has 0 unspecified atom stereocenters. The Kier molecular flexibility index (Phi) is 5.89. The minimum Gasteiger partial charge on any atom is -0.334 e. The summed E-state index contributed by atoms with van der Waals surface area (Å²) in [6.45, 7) is 10.5. The number of ketones is 1. The molecule has 0 saturated carbocycles. The third-order valence-corrected chi connectivity index (χ3v) is 3.20. The molecule has 1 rings (SSSR count). The van der Waals surface area contributed by atoms with E-state index in [1.807, 2.05) is 58.9 Å². The van der Waals surface area contributed by atoms with Gasteiger partial charge in [-0.1, -0.05) is 42.0 Å². The van der Waals surface area contributed by atoms with Gasteiger partial charge in [-0.2, -0.15) is 0 Å². The van der Waals surface area contributed by atoms with Gasteiger partial charge >= 0.3 is 0 Å². The molecular weight excluding hydrogens is 262 g/mol. The van der Waals surface area contributed by atoms with Gasteiger partial charge in [0.2, 0.25) is 5.91 Å². The van der Waals surface area contributed by atoms with Gasteiger partial charge in [-0.15, -0.1) is 0 Å². The molecule has 1 aromatic carbocycles. The second-order valence-corrected chi connectivity index (χ2v) is 6.42. The Labute approximate surface area is 127 Å². The van der Waals surface area contributed by atoms with Crippen LogP contribution >= 0.6 is 0 Å². The van der Waals surface area contributed by atoms with Crippen LogP contribution in [-0.4, -0.2) is 28.7 Å². The molecule has 3 heteroatoms. The molecule has 0 aliphatic carbocycles. The van der Waals surface area contributed by atoms with E-state index in [0.717, 1.165) is 5.57 Å². The van der Waals surface area contributed by atoms with Gasteiger partial charge in [-0.25, -0.2) is 0 Å². The van der Waals surface area contributed by atoms with E-state index in [0.29, 0.717) is 12.1 Å². The lowest BCUT2D eigenvalue weighted by Gasteiger charge is -2.35. The normalized spacial score (nSPS) is 10.9. The Bertz CT molecular complexity index is 520. The maximum Gasteiger partial charge on any atom is 0.231 e. The summed E-state index contributed by atoms with van der Waals surface area (Å²) in [5.74, 6) is -0.263. The summed E-state index contributed by atoms with van der Waals surface area (Å²) in [5.41, 5.74) is 1.44. The lowest BCUT2D eigenvalue weighted by Crippen LogP contribution is -2.46. The highest BCUT2D eigenvalue weighted by Gasteiger charge is 2.27. The van der Waals surface area contributed by atoms with Gasteiger partial charge in [-0.3, -0.25) is 9.59 Å². The summed E-state index contributed by atoms with van der Waals surface area (Å²) < 4.78 is 0. The second-order valence-electron chi connectivity index (χ2n) is 6.42. The molecule has 0 N–H and O–H groups in total. The van der Waals surface area contributed by atoms with E-state index in [1.165, 1.54) is 0 Å². The fraction of sp³-hybridized carbons (Fsp3) is 0.444. The van der Waals surface area contributed by atoms with Gasteiger partial charge in [0, 0.05) is 17.6 Å². The van der Waals surface area contributed by atoms with Gasteiger partial charge < -0.3 is 4.90 Å². The number of carbonyl (C=O) groups is 2. The predicted octanol–water partition coefficient (Wildman–Crippen LogP) is 3.85. The molecule has 1 amide bonds. The summed E-state index contributed by atoms with van der Waals surface area (Å²) in [5, 5.41) is 0. The van der Waals surface area contributed by atoms with Crippen molar-refractivity contribution in [2.24, 2.45) is 0 Å². The Morgan fingerprint density at radius 3 is 2.14 bits per heavy atom. The molecule has 0 fully saturated rings. The van der Waals surface area contributed by atoms with E-state index in [4.69, 9.17) is 0 Å². The zero-order valence-electron chi connectivity index (χ0n) is 13.6. The Morgan fingerprint density at radius 2 is 1.67 bits per heavy atom. The van der Waals surface area contributed by atoms with Gasteiger partial charge in [0.25, 0.3) is 0 Å². The third-order valence-electron chi connectivity index (χ3n) is 3.20. The van der Waals surface area contributed by atoms with Gasteiger partial charge in [0.05, 0.1) is 6.42 Å². The summed E-state index contributed by atoms with van der Waals surface area (Å²) in [6.07, 6.45) is 1.92. The molecule has 114 valence electrons. The monoisotopic (exact) mass is 287 g/mol. The molecule has 0 spiro atoms. The van der Waals surface area contributed by atoms with Crippen LogP contribution in [0.25, 0.3) is 0 Å². The number of hydrogen-bond donors (Lipinski definition) is 0. The van der Waals surface area contributed by atoms with E-state index in [9.17, 15) is 9.59 Å². The highest BCUT2D eigenvalue weighted by Crippen LogP contribution is 2.16. The van der Waals surface area contributed by atoms with Gasteiger partial charge in [0.1, 0.15) is 0 Å². The highest BCUT2D eigenvalue weighted by molar-refractivity contribution is 6.07. The van der Waals surface area contributed by atoms with Crippen LogP contribution in [0.4, 0.5) is 0 Å². The first-order valence-corrected chi connectivity index (χ1v) is 7.24. The lowest BCUT2D eigenvalue weighted by molar-refractivity contribution is -0.134. The Balaban J connectivity index is 2.82. The zero-order valence-corrected chi connectivity index (χ0v) is 13.6. The van der Waals surface area contributed by atoms with Crippen LogP contribution in [0.3, 0.4) is 0 Å². The van der Waals surface area contributed by atoms with E-state index in [-0.39, 0.29) is 23.7 Å². The largest absolute Gasteiger partial charge is 0.334 e. The number of Topliss-reactive ketones (excluding diaryl/α,β-unsaturated/α-hetero) is 1. The second kappa shape index (κ2) is 7.21. The fourth-order valence-electron chi connectivity index (χ4n) is 1.98. The average molecular weight is 287 g/mol. The molecule has 21 heavy (non-hydrogen) atoms. The van der Waals surface area contributed by atoms with Crippen LogP contribution < -0.4 is 0 Å². The van der Waals surface area contributed by atoms with E-state index >= 15 is 0 Å². The first kappa shape index (κ1) is 17.2. The summed E-state index contributed by atoms with van der Waals surface area (Å²) in [6, 6.07) is 8.96. The first-order chi connectivity index (χ1) is 9.71. The van der Waals surface area contributed by atoms with E-state index in [1.54, 1.807) is 17.0 Å². The van der Waals surface area contributed by atoms with Gasteiger partial charge in [0.15, 0.2) is 5.78 Å². The molecule has 3 nitrogen and oxygen atoms in total. The van der Waals surface area contributed by atoms with Crippen molar-refractivity contribution in [2.75, 3.05) is 6.54 Å². The summed E-state index contributed by atoms with van der Waals surface area (Å²) in [7, 11) is 0. The smallest absolute Gasteiger partial charge is 0.231 e. The van der Waals surface area contributed by atoms with Crippen molar-refractivity contribution in [2.45, 2.75) is 46.6 Å². The molecule has 0 radical (unpaired) electrons. The van der Waals surface area contributed by atoms with Crippen LogP contribution in [-0.2, 0) is 4.79 Å². The van der Waals surface area contributed by atoms with Crippen LogP contribution in [0.5, 0.6) is 0 Å². The Morgan fingerprint density at radius 1 is 1.10 bits per heavy atom. The topological polar surface area (TPSA) is 37.4 Å². The van der Waals surface area contributed by atoms with Crippen molar-refractivity contribution >= 4 is 11.7 Å². The number of hydrogen-bond acceptors (Lipinski definition) is 2. The molecule has 0 heterocycles. The number of amides is 1. The third kappa shape index (κ3) is 5.54. The summed E-state index contributed by atoms with van der Waals surface area (Å²) >= 11 is 0. The molecule has 0 aliphatic rings. The first-order valence-electron chi connectivity index (χ1n) is 7.24. The van der Waals surface area contributed by atoms with Crippen molar-refractivity contribution in [1.82, 2.24) is 4.90 Å². The fourth-order valence-corrected chi connectivity index (χ4v) is 1.98. The maximum atomic E-state index is 12.5. The predicted molar refractivity (Wildman–Crippen MR) is 86.3 cm³/mol. The lowest BCUT2D eigenvalue weighted by atomic mass is 10.0. The number of allylic oxidation sites excluding steroid dienone is 1. The number of benzene rings is 1. The van der Waals surface area contributed by atoms with Crippen molar-refractivity contribution in [3.8, 4) is 0 Å². The van der Waals surface area contributed by atoms with Crippen molar-refractivity contribution in [3.63, 3.8) is 0 Å². The van der Waals surface area contributed by atoms with E-state index < -0.39 is 0 Å². The quantitative estimate of drug-likeness (QED) is 0.468. The van der Waals surface area contributed by atoms with Crippen molar-refractivity contribution in [1.29, 1.82) is 0 Å². The molecule has 0 atom stereocenters. The standard InChI is InChI=1S/C18H25NO2/c1-14(2)11-12-19(18(3,4)5)17(21)13-16(20)15-9-7-6-8-10-15/h6-11H,12-13H2,1-5H3. The molecule has 0 aromatic heterocycles. The molecule has 0 bridgehead atoms. The van der Waals surface area contributed by atoms with Crippen LogP contribution in [0.15, 0.2) is 42.0 Å². The SMILES string of the molecule is CC(C)=CCN(C(=O)CC(=O)c1ccccc1)C(C)(C)C. The molecule has 0 saturated heterocycles.